The van der Waals surface area contributed by atoms with E-state index in [-0.39, 0.29) is 23.8 Å². The van der Waals surface area contributed by atoms with Gasteiger partial charge >= 0.3 is 5.97 Å². The predicted octanol–water partition coefficient (Wildman–Crippen LogP) is 0.553. The van der Waals surface area contributed by atoms with Gasteiger partial charge in [-0.3, -0.25) is 14.9 Å². The fourth-order valence-corrected chi connectivity index (χ4v) is 2.35. The summed E-state index contributed by atoms with van der Waals surface area (Å²) >= 11 is 0. The van der Waals surface area contributed by atoms with Crippen LogP contribution in [0.1, 0.15) is 34.9 Å². The van der Waals surface area contributed by atoms with Crippen molar-refractivity contribution in [3.63, 3.8) is 0 Å². The van der Waals surface area contributed by atoms with E-state index in [1.807, 2.05) is 0 Å². The maximum Gasteiger partial charge on any atom is 0.335 e. The number of nitrogens with one attached hydrogen (secondary N) is 1. The van der Waals surface area contributed by atoms with Gasteiger partial charge in [0.2, 0.25) is 11.8 Å². The molecule has 2 aromatic rings. The number of rotatable bonds is 2. The zero-order valence-corrected chi connectivity index (χ0v) is 10.4. The van der Waals surface area contributed by atoms with Crippen LogP contribution in [0.15, 0.2) is 24.5 Å². The molecule has 7 nitrogen and oxygen atoms in total. The van der Waals surface area contributed by atoms with Crippen LogP contribution in [0.25, 0.3) is 5.52 Å². The second-order valence-corrected chi connectivity index (χ2v) is 4.64. The van der Waals surface area contributed by atoms with Gasteiger partial charge in [-0.05, 0) is 18.6 Å². The number of carboxylic acids is 1. The van der Waals surface area contributed by atoms with Crippen LogP contribution in [0, 0.1) is 0 Å². The molecule has 2 amide bonds. The molecular formula is C13H11N3O4. The van der Waals surface area contributed by atoms with Gasteiger partial charge in [-0.15, -0.1) is 0 Å². The summed E-state index contributed by atoms with van der Waals surface area (Å²) in [6.45, 7) is 0. The van der Waals surface area contributed by atoms with Crippen LogP contribution in [-0.2, 0) is 9.59 Å². The largest absolute Gasteiger partial charge is 0.478 e. The first-order chi connectivity index (χ1) is 9.56. The number of aromatic carboxylic acids is 1. The summed E-state index contributed by atoms with van der Waals surface area (Å²) in [5.41, 5.74) is 0.761. The molecule has 7 heteroatoms. The quantitative estimate of drug-likeness (QED) is 0.778. The number of carbonyl (C=O) groups excluding carboxylic acids is 2. The van der Waals surface area contributed by atoms with Gasteiger partial charge in [-0.1, -0.05) is 0 Å². The summed E-state index contributed by atoms with van der Waals surface area (Å²) in [4.78, 5) is 38.1. The number of imidazole rings is 1. The molecule has 1 aliphatic rings. The number of nitrogens with zero attached hydrogens (tertiary/aromatic N) is 2. The van der Waals surface area contributed by atoms with Crippen LogP contribution < -0.4 is 5.32 Å². The molecule has 0 saturated carbocycles. The maximum absolute atomic E-state index is 11.8. The normalized spacial score (nSPS) is 19.1. The number of aromatic nitrogens is 2. The Morgan fingerprint density at radius 2 is 2.25 bits per heavy atom. The highest BCUT2D eigenvalue weighted by atomic mass is 16.4. The molecule has 1 unspecified atom stereocenters. The fraction of sp³-hybridized carbons (Fsp3) is 0.231. The van der Waals surface area contributed by atoms with E-state index in [0.717, 1.165) is 0 Å². The van der Waals surface area contributed by atoms with Crippen molar-refractivity contribution >= 4 is 23.3 Å². The zero-order valence-electron chi connectivity index (χ0n) is 10.4. The number of amides is 2. The van der Waals surface area contributed by atoms with Crippen LogP contribution in [-0.4, -0.2) is 32.3 Å². The molecule has 3 heterocycles. The number of carboxylic acid groups (broad SMARTS) is 1. The summed E-state index contributed by atoms with van der Waals surface area (Å²) in [5, 5.41) is 11.2. The Kier molecular flexibility index (Phi) is 2.74. The summed E-state index contributed by atoms with van der Waals surface area (Å²) in [6, 6.07) is 2.94. The first-order valence-electron chi connectivity index (χ1n) is 6.10. The van der Waals surface area contributed by atoms with Crippen LogP contribution in [0.2, 0.25) is 0 Å². The summed E-state index contributed by atoms with van der Waals surface area (Å²) in [5.74, 6) is -1.64. The Morgan fingerprint density at radius 3 is 2.95 bits per heavy atom. The number of fused-ring (bicyclic) bond motifs is 1. The average molecular weight is 273 g/mol. The summed E-state index contributed by atoms with van der Waals surface area (Å²) in [6.07, 6.45) is 3.78. The summed E-state index contributed by atoms with van der Waals surface area (Å²) in [7, 11) is 0. The zero-order chi connectivity index (χ0) is 14.3. The molecule has 0 bridgehead atoms. The van der Waals surface area contributed by atoms with E-state index >= 15 is 0 Å². The van der Waals surface area contributed by atoms with Crippen molar-refractivity contribution in [3.05, 3.63) is 35.9 Å². The van der Waals surface area contributed by atoms with E-state index in [1.165, 1.54) is 18.3 Å². The van der Waals surface area contributed by atoms with Crippen molar-refractivity contribution in [1.29, 1.82) is 0 Å². The van der Waals surface area contributed by atoms with E-state index in [0.29, 0.717) is 17.8 Å². The van der Waals surface area contributed by atoms with Crippen molar-refractivity contribution < 1.29 is 19.5 Å². The van der Waals surface area contributed by atoms with Crippen LogP contribution in [0.5, 0.6) is 0 Å². The lowest BCUT2D eigenvalue weighted by molar-refractivity contribution is -0.134. The van der Waals surface area contributed by atoms with Crippen LogP contribution in [0.4, 0.5) is 0 Å². The summed E-state index contributed by atoms with van der Waals surface area (Å²) < 4.78 is 1.67. The third-order valence-corrected chi connectivity index (χ3v) is 3.36. The van der Waals surface area contributed by atoms with E-state index in [1.54, 1.807) is 10.6 Å². The standard InChI is InChI=1S/C13H11N3O4/c17-10-2-1-9(12(18)15-10)11-14-6-8-5-7(13(19)20)3-4-16(8)11/h3-6,9H,1-2H2,(H,19,20)(H,15,17,18). The molecular weight excluding hydrogens is 262 g/mol. The minimum Gasteiger partial charge on any atom is -0.478 e. The number of carbonyl (C=O) groups is 3. The van der Waals surface area contributed by atoms with Gasteiger partial charge in [0.15, 0.2) is 0 Å². The van der Waals surface area contributed by atoms with Gasteiger partial charge in [-0.2, -0.15) is 0 Å². The van der Waals surface area contributed by atoms with E-state index < -0.39 is 11.9 Å². The lowest BCUT2D eigenvalue weighted by atomic mass is 9.97. The minimum absolute atomic E-state index is 0.159. The highest BCUT2D eigenvalue weighted by Crippen LogP contribution is 2.24. The molecule has 20 heavy (non-hydrogen) atoms. The number of hydrogen-bond donors (Lipinski definition) is 2. The SMILES string of the molecule is O=C1CCC(c2ncc3cc(C(=O)O)ccn23)C(=O)N1. The maximum atomic E-state index is 11.8. The highest BCUT2D eigenvalue weighted by molar-refractivity contribution is 6.00. The topological polar surface area (TPSA) is 101 Å². The number of imide groups is 1. The van der Waals surface area contributed by atoms with Gasteiger partial charge < -0.3 is 9.51 Å². The second-order valence-electron chi connectivity index (χ2n) is 4.64. The smallest absolute Gasteiger partial charge is 0.335 e. The Hall–Kier alpha value is -2.70. The van der Waals surface area contributed by atoms with E-state index in [4.69, 9.17) is 5.11 Å². The average Bonchev–Trinajstić information content (AvgIpc) is 2.81. The molecule has 1 atom stereocenters. The van der Waals surface area contributed by atoms with Crippen LogP contribution >= 0.6 is 0 Å². The minimum atomic E-state index is -1.02. The first kappa shape index (κ1) is 12.3. The molecule has 102 valence electrons. The van der Waals surface area contributed by atoms with Crippen molar-refractivity contribution in [3.8, 4) is 0 Å². The molecule has 1 aliphatic heterocycles. The number of hydrogen-bond acceptors (Lipinski definition) is 4. The van der Waals surface area contributed by atoms with Gasteiger partial charge in [0.25, 0.3) is 0 Å². The van der Waals surface area contributed by atoms with E-state index in [2.05, 4.69) is 10.3 Å². The molecule has 1 saturated heterocycles. The fourth-order valence-electron chi connectivity index (χ4n) is 2.35. The Morgan fingerprint density at radius 1 is 1.45 bits per heavy atom. The molecule has 0 radical (unpaired) electrons. The molecule has 2 aromatic heterocycles. The molecule has 1 fully saturated rings. The van der Waals surface area contributed by atoms with Crippen LogP contribution in [0.3, 0.4) is 0 Å². The van der Waals surface area contributed by atoms with Gasteiger partial charge in [0, 0.05) is 12.6 Å². The van der Waals surface area contributed by atoms with E-state index in [9.17, 15) is 14.4 Å². The lowest BCUT2D eigenvalue weighted by Crippen LogP contribution is -2.40. The van der Waals surface area contributed by atoms with Gasteiger partial charge in [0.05, 0.1) is 23.2 Å². The monoisotopic (exact) mass is 273 g/mol. The predicted molar refractivity (Wildman–Crippen MR) is 67.3 cm³/mol. The second kappa shape index (κ2) is 4.44. The number of piperidine rings is 1. The Bertz CT molecular complexity index is 734. The molecule has 2 N–H and O–H groups in total. The van der Waals surface area contributed by atoms with Crippen molar-refractivity contribution in [2.75, 3.05) is 0 Å². The number of pyridine rings is 1. The molecule has 0 aromatic carbocycles. The Labute approximate surface area is 113 Å². The van der Waals surface area contributed by atoms with Crippen molar-refractivity contribution in [1.82, 2.24) is 14.7 Å². The lowest BCUT2D eigenvalue weighted by Gasteiger charge is -2.19. The van der Waals surface area contributed by atoms with Crippen molar-refractivity contribution in [2.45, 2.75) is 18.8 Å². The molecule has 0 aliphatic carbocycles. The molecule has 3 rings (SSSR count). The Balaban J connectivity index is 2.02. The van der Waals surface area contributed by atoms with Gasteiger partial charge in [-0.25, -0.2) is 9.78 Å². The van der Waals surface area contributed by atoms with Crippen molar-refractivity contribution in [2.24, 2.45) is 0 Å². The first-order valence-corrected chi connectivity index (χ1v) is 6.10. The highest BCUT2D eigenvalue weighted by Gasteiger charge is 2.30. The van der Waals surface area contributed by atoms with Gasteiger partial charge in [0.1, 0.15) is 5.82 Å². The molecule has 0 spiro atoms. The third kappa shape index (κ3) is 1.93. The third-order valence-electron chi connectivity index (χ3n) is 3.36.